The lowest BCUT2D eigenvalue weighted by atomic mass is 10.9. The number of hydrogen-bond donors (Lipinski definition) is 0. The topological polar surface area (TPSA) is 17.1 Å². The highest BCUT2D eigenvalue weighted by molar-refractivity contribution is 8.14. The van der Waals surface area contributed by atoms with Crippen LogP contribution < -0.4 is 0 Å². The molecule has 0 spiro atoms. The first kappa shape index (κ1) is 8.60. The molecule has 0 radical (unpaired) electrons. The lowest BCUT2D eigenvalue weighted by Crippen LogP contribution is -2.01. The highest BCUT2D eigenvalue weighted by Gasteiger charge is 2.09. The van der Waals surface area contributed by atoms with Crippen molar-refractivity contribution in [2.24, 2.45) is 0 Å². The maximum absolute atomic E-state index is 10.4. The van der Waals surface area contributed by atoms with Crippen molar-refractivity contribution in [1.29, 1.82) is 0 Å². The van der Waals surface area contributed by atoms with Crippen LogP contribution in [0.2, 0.25) is 0 Å². The van der Waals surface area contributed by atoms with Gasteiger partial charge >= 0.3 is 0 Å². The molecule has 0 rings (SSSR count). The van der Waals surface area contributed by atoms with E-state index in [1.165, 1.54) is 0 Å². The van der Waals surface area contributed by atoms with Gasteiger partial charge in [0.25, 0.3) is 0 Å². The van der Waals surface area contributed by atoms with Gasteiger partial charge in [-0.05, 0) is 5.75 Å². The van der Waals surface area contributed by atoms with Crippen LogP contribution in [-0.2, 0) is 4.79 Å². The largest absolute Gasteiger partial charge is 0.284 e. The summed E-state index contributed by atoms with van der Waals surface area (Å²) >= 11 is 11.5. The van der Waals surface area contributed by atoms with E-state index < -0.39 is 4.84 Å². The van der Waals surface area contributed by atoms with E-state index >= 15 is 0 Å². The summed E-state index contributed by atoms with van der Waals surface area (Å²) in [5.41, 5.74) is 0. The second-order valence-corrected chi connectivity index (χ2v) is 3.42. The molecule has 0 fully saturated rings. The van der Waals surface area contributed by atoms with Gasteiger partial charge in [0.1, 0.15) is 0 Å². The van der Waals surface area contributed by atoms with Gasteiger partial charge in [0.2, 0.25) is 5.12 Å². The third-order valence-electron chi connectivity index (χ3n) is 0.465. The van der Waals surface area contributed by atoms with Crippen molar-refractivity contribution in [2.75, 3.05) is 5.75 Å². The number of alkyl halides is 2. The molecule has 0 aliphatic carbocycles. The Kier molecular flexibility index (Phi) is 4.81. The van der Waals surface area contributed by atoms with Gasteiger partial charge in [-0.2, -0.15) is 0 Å². The third kappa shape index (κ3) is 3.58. The van der Waals surface area contributed by atoms with Crippen LogP contribution in [-0.4, -0.2) is 15.7 Å². The first-order valence-corrected chi connectivity index (χ1v) is 3.99. The summed E-state index contributed by atoms with van der Waals surface area (Å²) in [5.74, 6) is 0.731. The fourth-order valence-corrected chi connectivity index (χ4v) is 0.994. The van der Waals surface area contributed by atoms with Crippen molar-refractivity contribution in [1.82, 2.24) is 0 Å². The van der Waals surface area contributed by atoms with Gasteiger partial charge in [0.05, 0.1) is 0 Å². The van der Waals surface area contributed by atoms with Crippen LogP contribution in [0.4, 0.5) is 0 Å². The minimum Gasteiger partial charge on any atom is -0.284 e. The van der Waals surface area contributed by atoms with Crippen molar-refractivity contribution in [3.05, 3.63) is 0 Å². The molecule has 1 nitrogen and oxygen atoms in total. The molecule has 0 heterocycles. The Hall–Kier alpha value is 0.600. The molecule has 0 amide bonds. The second-order valence-electron chi connectivity index (χ2n) is 1.05. The highest BCUT2D eigenvalue weighted by atomic mass is 35.5. The minimum absolute atomic E-state index is 0.171. The Balaban J connectivity index is 3.33. The SMILES string of the molecule is CCSC(=O)C(Cl)Cl. The van der Waals surface area contributed by atoms with E-state index in [1.54, 1.807) is 0 Å². The summed E-state index contributed by atoms with van der Waals surface area (Å²) in [6.45, 7) is 1.87. The average Bonchev–Trinajstić information content (AvgIpc) is 1.67. The number of thioether (sulfide) groups is 1. The van der Waals surface area contributed by atoms with E-state index in [0.29, 0.717) is 0 Å². The molecule has 0 unspecified atom stereocenters. The highest BCUT2D eigenvalue weighted by Crippen LogP contribution is 2.12. The van der Waals surface area contributed by atoms with E-state index in [4.69, 9.17) is 23.2 Å². The standard InChI is InChI=1S/C4H6Cl2OS/c1-2-8-4(7)3(5)6/h3H,2H2,1H3. The first-order valence-electron chi connectivity index (χ1n) is 2.13. The molecule has 0 N–H and O–H groups in total. The third-order valence-corrected chi connectivity index (χ3v) is 1.93. The molecule has 4 heteroatoms. The molecule has 0 aromatic carbocycles. The molecule has 0 saturated heterocycles. The fourth-order valence-electron chi connectivity index (χ4n) is 0.205. The fraction of sp³-hybridized carbons (Fsp3) is 0.750. The molecule has 0 saturated carbocycles. The lowest BCUT2D eigenvalue weighted by molar-refractivity contribution is -0.109. The van der Waals surface area contributed by atoms with Crippen molar-refractivity contribution < 1.29 is 4.79 Å². The summed E-state index contributed by atoms with van der Waals surface area (Å²) in [4.78, 5) is 9.58. The van der Waals surface area contributed by atoms with Crippen LogP contribution in [0.25, 0.3) is 0 Å². The van der Waals surface area contributed by atoms with Gasteiger partial charge in [0.15, 0.2) is 4.84 Å². The number of carbonyl (C=O) groups is 1. The van der Waals surface area contributed by atoms with Crippen LogP contribution in [0.5, 0.6) is 0 Å². The molecule has 0 bridgehead atoms. The molecule has 0 atom stereocenters. The Morgan fingerprint density at radius 1 is 1.75 bits per heavy atom. The number of rotatable bonds is 2. The van der Waals surface area contributed by atoms with Gasteiger partial charge in [-0.3, -0.25) is 4.79 Å². The molecule has 0 aromatic rings. The van der Waals surface area contributed by atoms with E-state index in [-0.39, 0.29) is 5.12 Å². The Labute approximate surface area is 62.7 Å². The normalized spacial score (nSPS) is 10.0. The average molecular weight is 173 g/mol. The van der Waals surface area contributed by atoms with E-state index in [2.05, 4.69) is 0 Å². The van der Waals surface area contributed by atoms with Crippen molar-refractivity contribution in [3.63, 3.8) is 0 Å². The van der Waals surface area contributed by atoms with Crippen molar-refractivity contribution in [3.8, 4) is 0 Å². The van der Waals surface area contributed by atoms with Crippen LogP contribution in [0.1, 0.15) is 6.92 Å². The number of halogens is 2. The number of hydrogen-bond acceptors (Lipinski definition) is 2. The smallest absolute Gasteiger partial charge is 0.221 e. The zero-order valence-corrected chi connectivity index (χ0v) is 6.69. The predicted molar refractivity (Wildman–Crippen MR) is 38.6 cm³/mol. The van der Waals surface area contributed by atoms with Gasteiger partial charge < -0.3 is 0 Å². The predicted octanol–water partition coefficient (Wildman–Crippen LogP) is 2.07. The van der Waals surface area contributed by atoms with Crippen molar-refractivity contribution >= 4 is 40.1 Å². The monoisotopic (exact) mass is 172 g/mol. The van der Waals surface area contributed by atoms with Crippen LogP contribution in [0.15, 0.2) is 0 Å². The summed E-state index contributed by atoms with van der Waals surface area (Å²) in [7, 11) is 0. The first-order chi connectivity index (χ1) is 3.68. The van der Waals surface area contributed by atoms with Crippen LogP contribution in [0.3, 0.4) is 0 Å². The van der Waals surface area contributed by atoms with Crippen molar-refractivity contribution in [2.45, 2.75) is 11.8 Å². The molecular weight excluding hydrogens is 167 g/mol. The molecule has 0 aliphatic rings. The summed E-state index contributed by atoms with van der Waals surface area (Å²) in [6.07, 6.45) is 0. The Bertz CT molecular complexity index is 84.1. The summed E-state index contributed by atoms with van der Waals surface area (Å²) < 4.78 is 0. The minimum atomic E-state index is -0.861. The maximum atomic E-state index is 10.4. The summed E-state index contributed by atoms with van der Waals surface area (Å²) in [6, 6.07) is 0. The molecular formula is C4H6Cl2OS. The van der Waals surface area contributed by atoms with Crippen LogP contribution >= 0.6 is 35.0 Å². The van der Waals surface area contributed by atoms with Gasteiger partial charge in [0, 0.05) is 0 Å². The molecule has 0 aromatic heterocycles. The second kappa shape index (κ2) is 4.48. The molecule has 8 heavy (non-hydrogen) atoms. The zero-order chi connectivity index (χ0) is 6.57. The van der Waals surface area contributed by atoms with Gasteiger partial charge in [-0.1, -0.05) is 41.9 Å². The summed E-state index contributed by atoms with van der Waals surface area (Å²) in [5, 5.41) is -0.171. The quantitative estimate of drug-likeness (QED) is 0.594. The Morgan fingerprint density at radius 3 is 2.38 bits per heavy atom. The van der Waals surface area contributed by atoms with E-state index in [0.717, 1.165) is 17.5 Å². The van der Waals surface area contributed by atoms with Crippen LogP contribution in [0, 0.1) is 0 Å². The molecule has 0 aliphatic heterocycles. The van der Waals surface area contributed by atoms with Gasteiger partial charge in [-0.15, -0.1) is 0 Å². The molecule has 48 valence electrons. The number of carbonyl (C=O) groups excluding carboxylic acids is 1. The zero-order valence-electron chi connectivity index (χ0n) is 4.36. The van der Waals surface area contributed by atoms with E-state index in [9.17, 15) is 4.79 Å². The lowest BCUT2D eigenvalue weighted by Gasteiger charge is -1.94. The van der Waals surface area contributed by atoms with Gasteiger partial charge in [-0.25, -0.2) is 0 Å². The maximum Gasteiger partial charge on any atom is 0.221 e. The van der Waals surface area contributed by atoms with E-state index in [1.807, 2.05) is 6.92 Å². The Morgan fingerprint density at radius 2 is 2.25 bits per heavy atom.